The molecule has 0 aromatic heterocycles. The minimum Gasteiger partial charge on any atom is -0.465 e. The fourth-order valence-corrected chi connectivity index (χ4v) is 0.650. The molecule has 0 saturated heterocycles. The molecule has 2 atom stereocenters. The molecule has 74 valence electrons. The second kappa shape index (κ2) is 7.34. The Morgan fingerprint density at radius 1 is 1.58 bits per heavy atom. The van der Waals surface area contributed by atoms with Gasteiger partial charge in [0.25, 0.3) is 0 Å². The number of hydrogen-bond acceptors (Lipinski definition) is 4. The Morgan fingerprint density at radius 2 is 2.08 bits per heavy atom. The van der Waals surface area contributed by atoms with E-state index in [-0.39, 0.29) is 12.4 Å². The first-order valence-electron chi connectivity index (χ1n) is 3.73. The highest BCUT2D eigenvalue weighted by Gasteiger charge is 2.21. The smallest absolute Gasteiger partial charge is 0.325 e. The van der Waals surface area contributed by atoms with E-state index >= 15 is 0 Å². The molecular formula is C7H16ClNO3. The van der Waals surface area contributed by atoms with Crippen molar-refractivity contribution in [1.82, 2.24) is 0 Å². The van der Waals surface area contributed by atoms with Crippen LogP contribution in [0.3, 0.4) is 0 Å². The highest BCUT2D eigenvalue weighted by Crippen LogP contribution is 1.97. The first-order chi connectivity index (χ1) is 5.13. The lowest BCUT2D eigenvalue weighted by molar-refractivity contribution is -0.147. The lowest BCUT2D eigenvalue weighted by Crippen LogP contribution is -2.42. The number of ether oxygens (including phenoxy) is 1. The number of aliphatic hydroxyl groups is 1. The van der Waals surface area contributed by atoms with Crippen LogP contribution in [-0.2, 0) is 9.53 Å². The first-order valence-corrected chi connectivity index (χ1v) is 3.73. The standard InChI is InChI=1S/C7H15NO3.ClH/c1-3-5(9)6(8)7(10)11-4-2;/h5-6,9H,3-4,8H2,1-2H3;1H/t5-,6-;/m0./s1. The van der Waals surface area contributed by atoms with Gasteiger partial charge in [0.15, 0.2) is 0 Å². The normalized spacial score (nSPS) is 14.3. The summed E-state index contributed by atoms with van der Waals surface area (Å²) in [4.78, 5) is 10.8. The second-order valence-electron chi connectivity index (χ2n) is 2.25. The minimum absolute atomic E-state index is 0. The Bertz CT molecular complexity index is 132. The van der Waals surface area contributed by atoms with Crippen LogP contribution in [0, 0.1) is 0 Å². The minimum atomic E-state index is -0.903. The van der Waals surface area contributed by atoms with Crippen molar-refractivity contribution in [2.45, 2.75) is 32.4 Å². The topological polar surface area (TPSA) is 72.5 Å². The predicted molar refractivity (Wildman–Crippen MR) is 48.2 cm³/mol. The summed E-state index contributed by atoms with van der Waals surface area (Å²) in [5.74, 6) is -0.540. The van der Waals surface area contributed by atoms with E-state index in [1.807, 2.05) is 0 Å². The van der Waals surface area contributed by atoms with Crippen LogP contribution in [0.2, 0.25) is 0 Å². The van der Waals surface area contributed by atoms with Gasteiger partial charge in [-0.3, -0.25) is 4.79 Å². The van der Waals surface area contributed by atoms with Crippen LogP contribution >= 0.6 is 12.4 Å². The van der Waals surface area contributed by atoms with Crippen LogP contribution in [0.1, 0.15) is 20.3 Å². The van der Waals surface area contributed by atoms with E-state index in [1.165, 1.54) is 0 Å². The van der Waals surface area contributed by atoms with Crippen LogP contribution in [-0.4, -0.2) is 29.8 Å². The summed E-state index contributed by atoms with van der Waals surface area (Å²) in [5.41, 5.74) is 5.33. The zero-order valence-corrected chi connectivity index (χ0v) is 8.13. The molecule has 0 aliphatic carbocycles. The molecule has 5 heteroatoms. The number of rotatable bonds is 4. The summed E-state index contributed by atoms with van der Waals surface area (Å²) < 4.78 is 4.60. The highest BCUT2D eigenvalue weighted by molar-refractivity contribution is 5.85. The van der Waals surface area contributed by atoms with Crippen LogP contribution < -0.4 is 5.73 Å². The molecule has 3 N–H and O–H groups in total. The molecule has 0 heterocycles. The molecule has 0 bridgehead atoms. The molecule has 0 aromatic rings. The number of esters is 1. The van der Waals surface area contributed by atoms with E-state index in [4.69, 9.17) is 10.8 Å². The molecule has 4 nitrogen and oxygen atoms in total. The third-order valence-corrected chi connectivity index (χ3v) is 1.39. The molecule has 12 heavy (non-hydrogen) atoms. The van der Waals surface area contributed by atoms with Gasteiger partial charge in [0.2, 0.25) is 0 Å². The van der Waals surface area contributed by atoms with E-state index in [1.54, 1.807) is 13.8 Å². The molecule has 0 radical (unpaired) electrons. The largest absolute Gasteiger partial charge is 0.465 e. The maximum Gasteiger partial charge on any atom is 0.325 e. The molecule has 0 saturated carbocycles. The van der Waals surface area contributed by atoms with E-state index < -0.39 is 18.1 Å². The lowest BCUT2D eigenvalue weighted by atomic mass is 10.1. The second-order valence-corrected chi connectivity index (χ2v) is 2.25. The van der Waals surface area contributed by atoms with Crippen molar-refractivity contribution in [3.63, 3.8) is 0 Å². The zero-order valence-electron chi connectivity index (χ0n) is 7.32. The summed E-state index contributed by atoms with van der Waals surface area (Å²) in [6.07, 6.45) is -0.339. The lowest BCUT2D eigenvalue weighted by Gasteiger charge is -2.14. The van der Waals surface area contributed by atoms with Crippen molar-refractivity contribution < 1.29 is 14.6 Å². The van der Waals surface area contributed by atoms with Gasteiger partial charge in [-0.15, -0.1) is 12.4 Å². The van der Waals surface area contributed by atoms with Crippen molar-refractivity contribution in [2.75, 3.05) is 6.61 Å². The van der Waals surface area contributed by atoms with Crippen molar-refractivity contribution in [2.24, 2.45) is 5.73 Å². The highest BCUT2D eigenvalue weighted by atomic mass is 35.5. The van der Waals surface area contributed by atoms with Gasteiger partial charge < -0.3 is 15.6 Å². The van der Waals surface area contributed by atoms with Gasteiger partial charge in [0, 0.05) is 0 Å². The SMILES string of the molecule is CCOC(=O)[C@@H](N)[C@@H](O)CC.Cl. The van der Waals surface area contributed by atoms with E-state index in [0.717, 1.165) is 0 Å². The molecular weight excluding hydrogens is 182 g/mol. The third-order valence-electron chi connectivity index (χ3n) is 1.39. The summed E-state index contributed by atoms with van der Waals surface area (Å²) in [5, 5.41) is 9.10. The summed E-state index contributed by atoms with van der Waals surface area (Å²) in [6.45, 7) is 3.75. The molecule has 0 aliphatic rings. The summed E-state index contributed by atoms with van der Waals surface area (Å²) in [6, 6.07) is -0.903. The third kappa shape index (κ3) is 4.54. The van der Waals surface area contributed by atoms with Crippen molar-refractivity contribution in [3.8, 4) is 0 Å². The Labute approximate surface area is 78.5 Å². The molecule has 0 fully saturated rings. The maximum atomic E-state index is 10.8. The Kier molecular flexibility index (Phi) is 8.69. The Hall–Kier alpha value is -0.320. The Morgan fingerprint density at radius 3 is 2.42 bits per heavy atom. The number of carbonyl (C=O) groups is 1. The summed E-state index contributed by atoms with van der Waals surface area (Å²) in [7, 11) is 0. The Balaban J connectivity index is 0. The van der Waals surface area contributed by atoms with Gasteiger partial charge in [-0.2, -0.15) is 0 Å². The van der Waals surface area contributed by atoms with Gasteiger partial charge >= 0.3 is 5.97 Å². The fourth-order valence-electron chi connectivity index (χ4n) is 0.650. The molecule has 0 rings (SSSR count). The molecule has 0 spiro atoms. The average molecular weight is 198 g/mol. The van der Waals surface area contributed by atoms with Gasteiger partial charge in [-0.1, -0.05) is 6.92 Å². The number of aliphatic hydroxyl groups excluding tert-OH is 1. The number of nitrogens with two attached hydrogens (primary N) is 1. The fraction of sp³-hybridized carbons (Fsp3) is 0.857. The average Bonchev–Trinajstić information content (AvgIpc) is 2.02. The van der Waals surface area contributed by atoms with Gasteiger partial charge in [-0.25, -0.2) is 0 Å². The predicted octanol–water partition coefficient (Wildman–Crippen LogP) is 0.0695. The van der Waals surface area contributed by atoms with E-state index in [9.17, 15) is 4.79 Å². The van der Waals surface area contributed by atoms with Crippen molar-refractivity contribution >= 4 is 18.4 Å². The molecule has 0 amide bonds. The van der Waals surface area contributed by atoms with Crippen LogP contribution in [0.4, 0.5) is 0 Å². The number of carbonyl (C=O) groups excluding carboxylic acids is 1. The zero-order chi connectivity index (χ0) is 8.85. The molecule has 0 aromatic carbocycles. The first kappa shape index (κ1) is 14.2. The number of hydrogen-bond donors (Lipinski definition) is 2. The molecule has 0 unspecified atom stereocenters. The van der Waals surface area contributed by atoms with Crippen LogP contribution in [0.25, 0.3) is 0 Å². The van der Waals surface area contributed by atoms with Crippen LogP contribution in [0.15, 0.2) is 0 Å². The monoisotopic (exact) mass is 197 g/mol. The van der Waals surface area contributed by atoms with Gasteiger partial charge in [-0.05, 0) is 13.3 Å². The molecule has 0 aliphatic heterocycles. The van der Waals surface area contributed by atoms with E-state index in [0.29, 0.717) is 13.0 Å². The maximum absolute atomic E-state index is 10.8. The van der Waals surface area contributed by atoms with Crippen LogP contribution in [0.5, 0.6) is 0 Å². The summed E-state index contributed by atoms with van der Waals surface area (Å²) >= 11 is 0. The van der Waals surface area contributed by atoms with E-state index in [2.05, 4.69) is 4.74 Å². The quantitative estimate of drug-likeness (QED) is 0.626. The van der Waals surface area contributed by atoms with Gasteiger partial charge in [0.1, 0.15) is 6.04 Å². The van der Waals surface area contributed by atoms with Crippen molar-refractivity contribution in [1.29, 1.82) is 0 Å². The van der Waals surface area contributed by atoms with Crippen molar-refractivity contribution in [3.05, 3.63) is 0 Å². The van der Waals surface area contributed by atoms with Gasteiger partial charge in [0.05, 0.1) is 12.7 Å². The number of halogens is 1.